The van der Waals surface area contributed by atoms with Crippen LogP contribution in [0.3, 0.4) is 0 Å². The molecule has 6 nitrogen and oxygen atoms in total. The average molecular weight is 364 g/mol. The van der Waals surface area contributed by atoms with Crippen molar-refractivity contribution in [2.24, 2.45) is 11.7 Å². The third-order valence-corrected chi connectivity index (χ3v) is 5.64. The Hall–Kier alpha value is -3.02. The van der Waals surface area contributed by atoms with E-state index in [1.165, 1.54) is 0 Å². The highest BCUT2D eigenvalue weighted by Gasteiger charge is 2.50. The van der Waals surface area contributed by atoms with E-state index in [2.05, 4.69) is 0 Å². The van der Waals surface area contributed by atoms with Gasteiger partial charge >= 0.3 is 0 Å². The van der Waals surface area contributed by atoms with E-state index in [4.69, 9.17) is 15.2 Å². The van der Waals surface area contributed by atoms with Crippen LogP contribution < -0.4 is 20.1 Å². The molecule has 2 aromatic carbocycles. The van der Waals surface area contributed by atoms with Crippen molar-refractivity contribution in [1.29, 1.82) is 0 Å². The molecule has 1 saturated carbocycles. The summed E-state index contributed by atoms with van der Waals surface area (Å²) in [5.41, 5.74) is 8.45. The summed E-state index contributed by atoms with van der Waals surface area (Å²) in [4.78, 5) is 26.8. The number of hydrogen-bond acceptors (Lipinski definition) is 4. The lowest BCUT2D eigenvalue weighted by Gasteiger charge is -2.23. The fraction of sp³-hybridized carbons (Fsp3) is 0.333. The molecule has 2 N–H and O–H groups in total. The number of nitrogens with two attached hydrogens (primary N) is 1. The Labute approximate surface area is 156 Å². The van der Waals surface area contributed by atoms with Crippen LogP contribution in [-0.2, 0) is 16.0 Å². The van der Waals surface area contributed by atoms with Gasteiger partial charge in [0.25, 0.3) is 0 Å². The number of rotatable bonds is 3. The van der Waals surface area contributed by atoms with Crippen LogP contribution in [0.25, 0.3) is 0 Å². The molecule has 6 heteroatoms. The van der Waals surface area contributed by atoms with E-state index >= 15 is 0 Å². The summed E-state index contributed by atoms with van der Waals surface area (Å²) in [6.45, 7) is 1.09. The zero-order chi connectivity index (χ0) is 18.5. The average Bonchev–Trinajstić information content (AvgIpc) is 3.39. The molecule has 1 aliphatic carbocycles. The van der Waals surface area contributed by atoms with Gasteiger partial charge in [0, 0.05) is 18.0 Å². The largest absolute Gasteiger partial charge is 0.486 e. The van der Waals surface area contributed by atoms with Crippen molar-refractivity contribution in [2.75, 3.05) is 18.1 Å². The van der Waals surface area contributed by atoms with Gasteiger partial charge in [0.05, 0.1) is 0 Å². The van der Waals surface area contributed by atoms with Crippen molar-refractivity contribution >= 4 is 17.5 Å². The SMILES string of the molecule is NC(=O)[C@@H]1Cc2ccccc2N1C(=O)C1CC1c1ccc2c(c1)OCCO2. The van der Waals surface area contributed by atoms with Gasteiger partial charge in [-0.3, -0.25) is 14.5 Å². The quantitative estimate of drug-likeness (QED) is 0.903. The van der Waals surface area contributed by atoms with Gasteiger partial charge in [-0.25, -0.2) is 0 Å². The Morgan fingerprint density at radius 2 is 1.81 bits per heavy atom. The molecule has 5 rings (SSSR count). The van der Waals surface area contributed by atoms with E-state index in [-0.39, 0.29) is 17.7 Å². The molecular formula is C21H20N2O4. The first kappa shape index (κ1) is 16.2. The van der Waals surface area contributed by atoms with Crippen LogP contribution in [0.2, 0.25) is 0 Å². The Bertz CT molecular complexity index is 942. The van der Waals surface area contributed by atoms with Crippen molar-refractivity contribution < 1.29 is 19.1 Å². The number of fused-ring (bicyclic) bond motifs is 2. The van der Waals surface area contributed by atoms with Gasteiger partial charge in [0.1, 0.15) is 19.3 Å². The van der Waals surface area contributed by atoms with Crippen LogP contribution in [0, 0.1) is 5.92 Å². The number of primary amides is 1. The van der Waals surface area contributed by atoms with Gasteiger partial charge in [-0.15, -0.1) is 0 Å². The maximum absolute atomic E-state index is 13.2. The Morgan fingerprint density at radius 3 is 2.63 bits per heavy atom. The van der Waals surface area contributed by atoms with Crippen LogP contribution >= 0.6 is 0 Å². The van der Waals surface area contributed by atoms with Crippen LogP contribution in [0.5, 0.6) is 11.5 Å². The second kappa shape index (κ2) is 6.01. The van der Waals surface area contributed by atoms with Crippen LogP contribution in [-0.4, -0.2) is 31.1 Å². The third kappa shape index (κ3) is 2.63. The summed E-state index contributed by atoms with van der Waals surface area (Å²) in [6, 6.07) is 12.9. The Kier molecular flexibility index (Phi) is 3.60. The highest BCUT2D eigenvalue weighted by molar-refractivity contribution is 6.05. The van der Waals surface area contributed by atoms with Gasteiger partial charge in [0.15, 0.2) is 11.5 Å². The molecule has 2 unspecified atom stereocenters. The van der Waals surface area contributed by atoms with Crippen LogP contribution in [0.4, 0.5) is 5.69 Å². The topological polar surface area (TPSA) is 81.9 Å². The lowest BCUT2D eigenvalue weighted by molar-refractivity contribution is -0.125. The third-order valence-electron chi connectivity index (χ3n) is 5.64. The molecule has 27 heavy (non-hydrogen) atoms. The summed E-state index contributed by atoms with van der Waals surface area (Å²) in [5.74, 6) is 0.990. The molecule has 2 aromatic rings. The summed E-state index contributed by atoms with van der Waals surface area (Å²) >= 11 is 0. The normalized spacial score (nSPS) is 25.0. The first-order chi connectivity index (χ1) is 13.1. The molecule has 0 radical (unpaired) electrons. The van der Waals surface area contributed by atoms with E-state index < -0.39 is 11.9 Å². The molecule has 1 fully saturated rings. The first-order valence-corrected chi connectivity index (χ1v) is 9.23. The number of carbonyl (C=O) groups excluding carboxylic acids is 2. The van der Waals surface area contributed by atoms with Gasteiger partial charge in [-0.2, -0.15) is 0 Å². The second-order valence-corrected chi connectivity index (χ2v) is 7.31. The minimum absolute atomic E-state index is 0.0244. The predicted octanol–water partition coefficient (Wildman–Crippen LogP) is 2.00. The van der Waals surface area contributed by atoms with Crippen molar-refractivity contribution in [3.63, 3.8) is 0 Å². The fourth-order valence-corrected chi connectivity index (χ4v) is 4.19. The van der Waals surface area contributed by atoms with Gasteiger partial charge in [0.2, 0.25) is 11.8 Å². The molecule has 0 bridgehead atoms. The monoisotopic (exact) mass is 364 g/mol. The molecule has 2 heterocycles. The fourth-order valence-electron chi connectivity index (χ4n) is 4.19. The van der Waals surface area contributed by atoms with E-state index in [1.807, 2.05) is 42.5 Å². The van der Waals surface area contributed by atoms with E-state index in [1.54, 1.807) is 4.90 Å². The number of para-hydroxylation sites is 1. The number of hydrogen-bond donors (Lipinski definition) is 1. The number of anilines is 1. The van der Waals surface area contributed by atoms with Gasteiger partial charge in [-0.05, 0) is 41.7 Å². The van der Waals surface area contributed by atoms with E-state index in [0.29, 0.717) is 19.6 Å². The minimum Gasteiger partial charge on any atom is -0.486 e. The summed E-state index contributed by atoms with van der Waals surface area (Å²) < 4.78 is 11.2. The van der Waals surface area contributed by atoms with Gasteiger partial charge < -0.3 is 15.2 Å². The van der Waals surface area contributed by atoms with E-state index in [9.17, 15) is 9.59 Å². The van der Waals surface area contributed by atoms with Crippen molar-refractivity contribution in [3.05, 3.63) is 53.6 Å². The maximum atomic E-state index is 13.2. The molecule has 138 valence electrons. The molecule has 0 saturated heterocycles. The molecular weight excluding hydrogens is 344 g/mol. The standard InChI is InChI=1S/C21H20N2O4/c22-20(24)17-9-13-3-1-2-4-16(13)23(17)21(25)15-11-14(15)12-5-6-18-19(10-12)27-8-7-26-18/h1-6,10,14-15,17H,7-9,11H2,(H2,22,24)/t14?,15?,17-/m0/s1. The second-order valence-electron chi connectivity index (χ2n) is 7.31. The number of amides is 2. The number of benzene rings is 2. The van der Waals surface area contributed by atoms with Gasteiger partial charge in [-0.1, -0.05) is 24.3 Å². The number of carbonyl (C=O) groups is 2. The minimum atomic E-state index is -0.601. The lowest BCUT2D eigenvalue weighted by Crippen LogP contribution is -2.46. The van der Waals surface area contributed by atoms with Crippen LogP contribution in [0.15, 0.2) is 42.5 Å². The molecule has 0 aromatic heterocycles. The first-order valence-electron chi connectivity index (χ1n) is 9.23. The van der Waals surface area contributed by atoms with Crippen molar-refractivity contribution in [3.8, 4) is 11.5 Å². The van der Waals surface area contributed by atoms with Crippen molar-refractivity contribution in [2.45, 2.75) is 24.8 Å². The lowest BCUT2D eigenvalue weighted by atomic mass is 10.1. The van der Waals surface area contributed by atoms with Crippen LogP contribution in [0.1, 0.15) is 23.5 Å². The highest BCUT2D eigenvalue weighted by atomic mass is 16.6. The summed E-state index contributed by atoms with van der Waals surface area (Å²) in [5, 5.41) is 0. The smallest absolute Gasteiger partial charge is 0.240 e. The zero-order valence-electron chi connectivity index (χ0n) is 14.8. The van der Waals surface area contributed by atoms with Crippen molar-refractivity contribution in [1.82, 2.24) is 0 Å². The maximum Gasteiger partial charge on any atom is 0.240 e. The number of ether oxygens (including phenoxy) is 2. The molecule has 3 aliphatic rings. The molecule has 0 spiro atoms. The highest BCUT2D eigenvalue weighted by Crippen LogP contribution is 2.51. The molecule has 2 amide bonds. The molecule has 2 aliphatic heterocycles. The molecule has 3 atom stereocenters. The predicted molar refractivity (Wildman–Crippen MR) is 98.9 cm³/mol. The number of nitrogens with zero attached hydrogens (tertiary/aromatic N) is 1. The summed E-state index contributed by atoms with van der Waals surface area (Å²) in [7, 11) is 0. The summed E-state index contributed by atoms with van der Waals surface area (Å²) in [6.07, 6.45) is 1.25. The Morgan fingerprint density at radius 1 is 1.04 bits per heavy atom. The van der Waals surface area contributed by atoms with E-state index in [0.717, 1.165) is 34.7 Å². The zero-order valence-corrected chi connectivity index (χ0v) is 14.8. The Balaban J connectivity index is 1.40.